The number of aromatic nitrogens is 1. The molecule has 1 atom stereocenters. The summed E-state index contributed by atoms with van der Waals surface area (Å²) in [6.45, 7) is 5.16. The molecule has 164 valence electrons. The first-order valence-corrected chi connectivity index (χ1v) is 10.8. The van der Waals surface area contributed by atoms with Crippen molar-refractivity contribution in [2.75, 3.05) is 18.1 Å². The second-order valence-electron chi connectivity index (χ2n) is 7.90. The van der Waals surface area contributed by atoms with Crippen molar-refractivity contribution in [3.63, 3.8) is 0 Å². The molecule has 2 aromatic rings. The molecular weight excluding hydrogens is 400 g/mol. The molecule has 31 heavy (non-hydrogen) atoms. The maximum absolute atomic E-state index is 13.2. The zero-order valence-electron chi connectivity index (χ0n) is 17.9. The minimum atomic E-state index is -1.51. The second kappa shape index (κ2) is 8.17. The van der Waals surface area contributed by atoms with E-state index in [1.807, 2.05) is 12.1 Å². The number of H-pyrrole nitrogens is 1. The first-order valence-electron chi connectivity index (χ1n) is 10.8. The molecule has 1 N–H and O–H groups in total. The maximum atomic E-state index is 13.2. The van der Waals surface area contributed by atoms with Gasteiger partial charge in [-0.1, -0.05) is 0 Å². The van der Waals surface area contributed by atoms with Crippen molar-refractivity contribution in [3.05, 3.63) is 29.0 Å². The number of benzene rings is 1. The molecule has 2 heterocycles. The van der Waals surface area contributed by atoms with Crippen LogP contribution in [0.5, 0.6) is 0 Å². The molecule has 0 fully saturated rings. The van der Waals surface area contributed by atoms with E-state index in [1.165, 1.54) is 4.90 Å². The molecule has 8 nitrogen and oxygen atoms in total. The quantitative estimate of drug-likeness (QED) is 0.448. The number of ketones is 1. The summed E-state index contributed by atoms with van der Waals surface area (Å²) >= 11 is 0. The van der Waals surface area contributed by atoms with E-state index in [-0.39, 0.29) is 24.9 Å². The lowest BCUT2D eigenvalue weighted by molar-refractivity contribution is -0.157. The van der Waals surface area contributed by atoms with Crippen LogP contribution in [0.1, 0.15) is 67.6 Å². The fraction of sp³-hybridized carbons (Fsp3) is 0.478. The number of hydrogen-bond acceptors (Lipinski definition) is 6. The van der Waals surface area contributed by atoms with Crippen LogP contribution in [-0.4, -0.2) is 47.9 Å². The number of rotatable bonds is 5. The topological polar surface area (TPSA) is 106 Å². The van der Waals surface area contributed by atoms with Crippen molar-refractivity contribution >= 4 is 40.2 Å². The van der Waals surface area contributed by atoms with Gasteiger partial charge in [-0.15, -0.1) is 0 Å². The molecular formula is C23H26N2O6. The standard InChI is InChI=1S/C23H26N2O6/c1-4-30-22(28)20(23(29)31-5-2)25-17-11-15-13-8-6-7-9-18(26)19(13)24-16(15)10-14(17)12(3)21(25)27/h10-12,20,24H,4-9H2,1-3H3. The monoisotopic (exact) mass is 426 g/mol. The van der Waals surface area contributed by atoms with Crippen LogP contribution in [-0.2, 0) is 30.3 Å². The van der Waals surface area contributed by atoms with Crippen LogP contribution in [0.3, 0.4) is 0 Å². The minimum absolute atomic E-state index is 0.0750. The fourth-order valence-electron chi connectivity index (χ4n) is 4.54. The second-order valence-corrected chi connectivity index (χ2v) is 7.90. The highest BCUT2D eigenvalue weighted by atomic mass is 16.6. The molecule has 2 aliphatic rings. The molecule has 0 bridgehead atoms. The Bertz CT molecular complexity index is 1070. The smallest absolute Gasteiger partial charge is 0.341 e. The molecule has 1 aromatic carbocycles. The number of anilines is 1. The van der Waals surface area contributed by atoms with Crippen LogP contribution in [0.15, 0.2) is 12.1 Å². The maximum Gasteiger partial charge on any atom is 0.341 e. The number of nitrogens with one attached hydrogen (secondary N) is 1. The van der Waals surface area contributed by atoms with Crippen molar-refractivity contribution < 1.29 is 28.7 Å². The van der Waals surface area contributed by atoms with Crippen molar-refractivity contribution in [2.45, 2.75) is 58.4 Å². The van der Waals surface area contributed by atoms with E-state index >= 15 is 0 Å². The minimum Gasteiger partial charge on any atom is -0.464 e. The number of carbonyl (C=O) groups is 4. The summed E-state index contributed by atoms with van der Waals surface area (Å²) in [5, 5.41) is 0.836. The Labute approximate surface area is 179 Å². The van der Waals surface area contributed by atoms with E-state index in [4.69, 9.17) is 9.47 Å². The Morgan fingerprint density at radius 1 is 1.10 bits per heavy atom. The van der Waals surface area contributed by atoms with E-state index in [0.717, 1.165) is 35.7 Å². The van der Waals surface area contributed by atoms with Crippen LogP contribution in [0.25, 0.3) is 10.9 Å². The molecule has 1 unspecified atom stereocenters. The summed E-state index contributed by atoms with van der Waals surface area (Å²) in [6.07, 6.45) is 3.00. The molecule has 4 rings (SSSR count). The highest BCUT2D eigenvalue weighted by Gasteiger charge is 2.46. The summed E-state index contributed by atoms with van der Waals surface area (Å²) in [4.78, 5) is 55.5. The third-order valence-electron chi connectivity index (χ3n) is 6.02. The summed E-state index contributed by atoms with van der Waals surface area (Å²) in [6, 6.07) is 2.15. The van der Waals surface area contributed by atoms with Gasteiger partial charge in [-0.25, -0.2) is 9.59 Å². The Hall–Kier alpha value is -3.16. The molecule has 0 saturated carbocycles. The van der Waals surface area contributed by atoms with Gasteiger partial charge in [-0.3, -0.25) is 14.5 Å². The first-order chi connectivity index (χ1) is 14.9. The van der Waals surface area contributed by atoms with Crippen molar-refractivity contribution in [1.29, 1.82) is 0 Å². The Balaban J connectivity index is 1.88. The average molecular weight is 426 g/mol. The van der Waals surface area contributed by atoms with Gasteiger partial charge in [-0.2, -0.15) is 0 Å². The highest BCUT2D eigenvalue weighted by molar-refractivity contribution is 6.17. The number of Topliss-reactive ketones (excluding diaryl/α,β-unsaturated/α-hetero) is 1. The average Bonchev–Trinajstić information content (AvgIpc) is 3.13. The predicted octanol–water partition coefficient (Wildman–Crippen LogP) is 3.02. The lowest BCUT2D eigenvalue weighted by atomic mass is 9.99. The number of fused-ring (bicyclic) bond motifs is 4. The van der Waals surface area contributed by atoms with Gasteiger partial charge in [0, 0.05) is 23.0 Å². The molecule has 1 aliphatic heterocycles. The number of nitrogens with zero attached hydrogens (tertiary/aromatic N) is 1. The van der Waals surface area contributed by atoms with Gasteiger partial charge in [0.1, 0.15) is 0 Å². The SMILES string of the molecule is CCOC(=O)C(C(=O)OCC)N1C(=O)C(C)c2cc3[nH]c4c(c3cc21)CCCCC4=O. The summed E-state index contributed by atoms with van der Waals surface area (Å²) < 4.78 is 10.2. The number of hydrogen-bond donors (Lipinski definition) is 1. The van der Waals surface area contributed by atoms with Crippen molar-refractivity contribution in [2.24, 2.45) is 0 Å². The molecule has 8 heteroatoms. The molecule has 1 aliphatic carbocycles. The number of carbonyl (C=O) groups excluding carboxylic acids is 4. The van der Waals surface area contributed by atoms with Gasteiger partial charge in [0.2, 0.25) is 11.9 Å². The van der Waals surface area contributed by atoms with E-state index in [0.29, 0.717) is 23.4 Å². The van der Waals surface area contributed by atoms with Crippen LogP contribution in [0, 0.1) is 0 Å². The molecule has 0 radical (unpaired) electrons. The van der Waals surface area contributed by atoms with E-state index in [9.17, 15) is 19.2 Å². The van der Waals surface area contributed by atoms with Crippen LogP contribution in [0.2, 0.25) is 0 Å². The number of ether oxygens (including phenoxy) is 2. The molecule has 1 amide bonds. The van der Waals surface area contributed by atoms with Gasteiger partial charge < -0.3 is 14.5 Å². The fourth-order valence-corrected chi connectivity index (χ4v) is 4.54. The largest absolute Gasteiger partial charge is 0.464 e. The Kier molecular flexibility index (Phi) is 5.56. The first kappa shape index (κ1) is 21.1. The zero-order chi connectivity index (χ0) is 22.3. The van der Waals surface area contributed by atoms with Gasteiger partial charge >= 0.3 is 11.9 Å². The number of aromatic amines is 1. The normalized spacial score (nSPS) is 18.2. The lowest BCUT2D eigenvalue weighted by Crippen LogP contribution is -2.50. The van der Waals surface area contributed by atoms with Crippen LogP contribution in [0.4, 0.5) is 5.69 Å². The molecule has 1 aromatic heterocycles. The third-order valence-corrected chi connectivity index (χ3v) is 6.02. The summed E-state index contributed by atoms with van der Waals surface area (Å²) in [5.74, 6) is -2.48. The predicted molar refractivity (Wildman–Crippen MR) is 113 cm³/mol. The van der Waals surface area contributed by atoms with E-state index in [1.54, 1.807) is 20.8 Å². The van der Waals surface area contributed by atoms with Crippen molar-refractivity contribution in [1.82, 2.24) is 4.98 Å². The molecule has 0 spiro atoms. The number of esters is 2. The van der Waals surface area contributed by atoms with Gasteiger partial charge in [0.15, 0.2) is 5.78 Å². The third kappa shape index (κ3) is 3.40. The van der Waals surface area contributed by atoms with E-state index < -0.39 is 23.9 Å². The number of aryl methyl sites for hydroxylation is 1. The van der Waals surface area contributed by atoms with Gasteiger partial charge in [-0.05, 0) is 63.3 Å². The lowest BCUT2D eigenvalue weighted by Gasteiger charge is -2.25. The van der Waals surface area contributed by atoms with Crippen LogP contribution >= 0.6 is 0 Å². The summed E-state index contributed by atoms with van der Waals surface area (Å²) in [5.41, 5.74) is 3.50. The Morgan fingerprint density at radius 2 is 1.74 bits per heavy atom. The summed E-state index contributed by atoms with van der Waals surface area (Å²) in [7, 11) is 0. The van der Waals surface area contributed by atoms with Gasteiger partial charge in [0.05, 0.1) is 24.8 Å². The van der Waals surface area contributed by atoms with Crippen molar-refractivity contribution in [3.8, 4) is 0 Å². The zero-order valence-corrected chi connectivity index (χ0v) is 17.9. The highest BCUT2D eigenvalue weighted by Crippen LogP contribution is 2.43. The number of amides is 1. The Morgan fingerprint density at radius 3 is 2.39 bits per heavy atom. The van der Waals surface area contributed by atoms with E-state index in [2.05, 4.69) is 4.98 Å². The van der Waals surface area contributed by atoms with Gasteiger partial charge in [0.25, 0.3) is 0 Å². The van der Waals surface area contributed by atoms with Crippen LogP contribution < -0.4 is 4.90 Å². The molecule has 0 saturated heterocycles.